The van der Waals surface area contributed by atoms with Crippen molar-refractivity contribution in [3.63, 3.8) is 0 Å². The molecule has 2 aromatic rings. The number of rotatable bonds is 4. The van der Waals surface area contributed by atoms with Crippen LogP contribution in [0.3, 0.4) is 0 Å². The maximum atomic E-state index is 8.93. The molecule has 5 nitrogen and oxygen atoms in total. The van der Waals surface area contributed by atoms with Crippen LogP contribution in [0.25, 0.3) is 0 Å². The number of hydrogen-bond acceptors (Lipinski definition) is 5. The molecule has 0 amide bonds. The molecule has 1 heterocycles. The van der Waals surface area contributed by atoms with Gasteiger partial charge in [0.2, 0.25) is 5.88 Å². The Labute approximate surface area is 109 Å². The van der Waals surface area contributed by atoms with Crippen LogP contribution in [-0.4, -0.2) is 22.2 Å². The van der Waals surface area contributed by atoms with Crippen molar-refractivity contribution in [1.29, 1.82) is 0 Å². The van der Waals surface area contributed by atoms with Crippen LogP contribution in [0.4, 0.5) is 0 Å². The SMILES string of the molecule is COc1ncc(Cl)c(Oc2ccc(CO)cc2)n1. The molecule has 18 heavy (non-hydrogen) atoms. The number of hydrogen-bond donors (Lipinski definition) is 1. The molecule has 0 unspecified atom stereocenters. The number of aliphatic hydroxyl groups is 1. The van der Waals surface area contributed by atoms with E-state index in [2.05, 4.69) is 9.97 Å². The van der Waals surface area contributed by atoms with E-state index in [1.165, 1.54) is 13.3 Å². The summed E-state index contributed by atoms with van der Waals surface area (Å²) in [7, 11) is 1.46. The van der Waals surface area contributed by atoms with Gasteiger partial charge in [-0.2, -0.15) is 4.98 Å². The third-order valence-electron chi connectivity index (χ3n) is 2.19. The topological polar surface area (TPSA) is 64.5 Å². The van der Waals surface area contributed by atoms with Crippen LogP contribution in [0, 0.1) is 0 Å². The zero-order valence-electron chi connectivity index (χ0n) is 9.63. The fourth-order valence-electron chi connectivity index (χ4n) is 1.28. The van der Waals surface area contributed by atoms with Crippen LogP contribution < -0.4 is 9.47 Å². The van der Waals surface area contributed by atoms with Crippen molar-refractivity contribution in [1.82, 2.24) is 9.97 Å². The second-order valence-electron chi connectivity index (χ2n) is 3.41. The summed E-state index contributed by atoms with van der Waals surface area (Å²) in [6.45, 7) is -0.0115. The lowest BCUT2D eigenvalue weighted by Crippen LogP contribution is -1.95. The Morgan fingerprint density at radius 2 is 2.00 bits per heavy atom. The van der Waals surface area contributed by atoms with E-state index in [0.29, 0.717) is 10.8 Å². The van der Waals surface area contributed by atoms with Crippen LogP contribution in [-0.2, 0) is 6.61 Å². The lowest BCUT2D eigenvalue weighted by molar-refractivity contribution is 0.281. The molecule has 0 aliphatic rings. The summed E-state index contributed by atoms with van der Waals surface area (Å²) in [5.74, 6) is 0.787. The first-order valence-corrected chi connectivity index (χ1v) is 5.55. The van der Waals surface area contributed by atoms with Crippen LogP contribution in [0.1, 0.15) is 5.56 Å². The van der Waals surface area contributed by atoms with Crippen LogP contribution in [0.5, 0.6) is 17.6 Å². The molecule has 0 spiro atoms. The van der Waals surface area contributed by atoms with Gasteiger partial charge in [-0.1, -0.05) is 23.7 Å². The van der Waals surface area contributed by atoms with Gasteiger partial charge in [-0.15, -0.1) is 0 Å². The molecule has 6 heteroatoms. The van der Waals surface area contributed by atoms with Gasteiger partial charge in [0.05, 0.1) is 19.9 Å². The third kappa shape index (κ3) is 2.88. The molecule has 1 N–H and O–H groups in total. The van der Waals surface area contributed by atoms with E-state index < -0.39 is 0 Å². The summed E-state index contributed by atoms with van der Waals surface area (Å²) in [6, 6.07) is 7.12. The second kappa shape index (κ2) is 5.66. The first kappa shape index (κ1) is 12.6. The fraction of sp³-hybridized carbons (Fsp3) is 0.167. The average Bonchev–Trinajstić information content (AvgIpc) is 2.42. The van der Waals surface area contributed by atoms with Gasteiger partial charge in [0.25, 0.3) is 0 Å². The molecule has 1 aromatic carbocycles. The molecule has 0 saturated carbocycles. The zero-order chi connectivity index (χ0) is 13.0. The van der Waals surface area contributed by atoms with Crippen molar-refractivity contribution in [2.45, 2.75) is 6.61 Å². The number of benzene rings is 1. The summed E-state index contributed by atoms with van der Waals surface area (Å²) >= 11 is 5.92. The Morgan fingerprint density at radius 1 is 1.28 bits per heavy atom. The summed E-state index contributed by atoms with van der Waals surface area (Å²) in [6.07, 6.45) is 1.41. The highest BCUT2D eigenvalue weighted by atomic mass is 35.5. The minimum atomic E-state index is -0.0115. The highest BCUT2D eigenvalue weighted by molar-refractivity contribution is 6.31. The third-order valence-corrected chi connectivity index (χ3v) is 2.45. The van der Waals surface area contributed by atoms with E-state index >= 15 is 0 Å². The number of halogens is 1. The number of nitrogens with zero attached hydrogens (tertiary/aromatic N) is 2. The van der Waals surface area contributed by atoms with Gasteiger partial charge in [0.1, 0.15) is 10.8 Å². The summed E-state index contributed by atoms with van der Waals surface area (Å²) in [5.41, 5.74) is 0.800. The number of aliphatic hydroxyl groups excluding tert-OH is 1. The Hall–Kier alpha value is -1.85. The number of ether oxygens (including phenoxy) is 2. The van der Waals surface area contributed by atoms with Crippen molar-refractivity contribution in [2.75, 3.05) is 7.11 Å². The van der Waals surface area contributed by atoms with Gasteiger partial charge in [-0.25, -0.2) is 4.98 Å². The Morgan fingerprint density at radius 3 is 2.61 bits per heavy atom. The quantitative estimate of drug-likeness (QED) is 0.921. The molecule has 0 bridgehead atoms. The highest BCUT2D eigenvalue weighted by Gasteiger charge is 2.08. The highest BCUT2D eigenvalue weighted by Crippen LogP contribution is 2.28. The summed E-state index contributed by atoms with van der Waals surface area (Å²) in [5, 5.41) is 9.23. The fourth-order valence-corrected chi connectivity index (χ4v) is 1.41. The Balaban J connectivity index is 2.21. The van der Waals surface area contributed by atoms with Gasteiger partial charge >= 0.3 is 6.01 Å². The predicted octanol–water partition coefficient (Wildman–Crippen LogP) is 2.42. The maximum absolute atomic E-state index is 8.93. The lowest BCUT2D eigenvalue weighted by Gasteiger charge is -2.07. The molecule has 0 atom stereocenters. The molecular formula is C12H11ClN2O3. The first-order chi connectivity index (χ1) is 8.72. The van der Waals surface area contributed by atoms with Crippen molar-refractivity contribution in [3.05, 3.63) is 41.0 Å². The van der Waals surface area contributed by atoms with E-state index in [-0.39, 0.29) is 18.5 Å². The molecule has 0 fully saturated rings. The molecule has 2 rings (SSSR count). The van der Waals surface area contributed by atoms with E-state index in [4.69, 9.17) is 26.2 Å². The minimum absolute atomic E-state index is 0.0115. The molecule has 0 radical (unpaired) electrons. The van der Waals surface area contributed by atoms with Gasteiger partial charge in [0.15, 0.2) is 0 Å². The summed E-state index contributed by atoms with van der Waals surface area (Å²) < 4.78 is 10.4. The van der Waals surface area contributed by atoms with Gasteiger partial charge < -0.3 is 14.6 Å². The average molecular weight is 267 g/mol. The van der Waals surface area contributed by atoms with Gasteiger partial charge in [-0.3, -0.25) is 0 Å². The minimum Gasteiger partial charge on any atom is -0.467 e. The largest absolute Gasteiger partial charge is 0.467 e. The molecule has 0 aliphatic carbocycles. The molecule has 1 aromatic heterocycles. The van der Waals surface area contributed by atoms with Crippen LogP contribution >= 0.6 is 11.6 Å². The molecule has 0 aliphatic heterocycles. The van der Waals surface area contributed by atoms with Gasteiger partial charge in [0, 0.05) is 0 Å². The summed E-state index contributed by atoms with van der Waals surface area (Å²) in [4.78, 5) is 7.84. The molecular weight excluding hydrogens is 256 g/mol. The van der Waals surface area contributed by atoms with Crippen molar-refractivity contribution in [3.8, 4) is 17.6 Å². The number of aromatic nitrogens is 2. The van der Waals surface area contributed by atoms with Crippen molar-refractivity contribution >= 4 is 11.6 Å². The van der Waals surface area contributed by atoms with E-state index in [0.717, 1.165) is 5.56 Å². The Bertz CT molecular complexity index is 531. The van der Waals surface area contributed by atoms with E-state index in [1.54, 1.807) is 24.3 Å². The lowest BCUT2D eigenvalue weighted by atomic mass is 10.2. The van der Waals surface area contributed by atoms with Crippen LogP contribution in [0.15, 0.2) is 30.5 Å². The molecule has 0 saturated heterocycles. The number of methoxy groups -OCH3 is 1. The standard InChI is InChI=1S/C12H11ClN2O3/c1-17-12-14-6-10(13)11(15-12)18-9-4-2-8(7-16)3-5-9/h2-6,16H,7H2,1H3. The monoisotopic (exact) mass is 266 g/mol. The van der Waals surface area contributed by atoms with E-state index in [1.807, 2.05) is 0 Å². The van der Waals surface area contributed by atoms with Crippen LogP contribution in [0.2, 0.25) is 5.02 Å². The first-order valence-electron chi connectivity index (χ1n) is 5.17. The Kier molecular flexibility index (Phi) is 3.96. The maximum Gasteiger partial charge on any atom is 0.319 e. The zero-order valence-corrected chi connectivity index (χ0v) is 10.4. The predicted molar refractivity (Wildman–Crippen MR) is 66.0 cm³/mol. The van der Waals surface area contributed by atoms with E-state index in [9.17, 15) is 0 Å². The smallest absolute Gasteiger partial charge is 0.319 e. The molecule has 94 valence electrons. The van der Waals surface area contributed by atoms with Crippen molar-refractivity contribution < 1.29 is 14.6 Å². The van der Waals surface area contributed by atoms with Crippen molar-refractivity contribution in [2.24, 2.45) is 0 Å². The second-order valence-corrected chi connectivity index (χ2v) is 3.82. The normalized spacial score (nSPS) is 10.2. The van der Waals surface area contributed by atoms with Gasteiger partial charge in [-0.05, 0) is 17.7 Å².